The van der Waals surface area contributed by atoms with Gasteiger partial charge < -0.3 is 15.8 Å². The van der Waals surface area contributed by atoms with Crippen LogP contribution in [-0.2, 0) is 0 Å². The minimum Gasteiger partial charge on any atom is -0.497 e. The summed E-state index contributed by atoms with van der Waals surface area (Å²) < 4.78 is 5.19. The van der Waals surface area contributed by atoms with Gasteiger partial charge in [-0.15, -0.1) is 24.0 Å². The average Bonchev–Trinajstić information content (AvgIpc) is 2.46. The van der Waals surface area contributed by atoms with Gasteiger partial charge in [-0.25, -0.2) is 0 Å². The van der Waals surface area contributed by atoms with Crippen LogP contribution in [0.4, 0.5) is 5.69 Å². The first kappa shape index (κ1) is 19.1. The Hall–Kier alpha value is -0.980. The molecular weight excluding hydrogens is 389 g/mol. The highest BCUT2D eigenvalue weighted by molar-refractivity contribution is 14.0. The van der Waals surface area contributed by atoms with E-state index in [0.717, 1.165) is 18.0 Å². The van der Waals surface area contributed by atoms with Crippen molar-refractivity contribution in [1.82, 2.24) is 0 Å². The summed E-state index contributed by atoms with van der Waals surface area (Å²) in [6, 6.07) is 7.69. The Morgan fingerprint density at radius 3 is 2.68 bits per heavy atom. The predicted molar refractivity (Wildman–Crippen MR) is 104 cm³/mol. The number of hydrogen-bond acceptors (Lipinski definition) is 2. The first-order valence-electron chi connectivity index (χ1n) is 7.69. The molecule has 1 saturated carbocycles. The Morgan fingerprint density at radius 1 is 1.36 bits per heavy atom. The number of nitrogens with zero attached hydrogens (tertiary/aromatic N) is 1. The fourth-order valence-electron chi connectivity index (χ4n) is 2.76. The number of halogens is 1. The molecule has 0 atom stereocenters. The van der Waals surface area contributed by atoms with Gasteiger partial charge in [-0.1, -0.05) is 19.9 Å². The number of benzene rings is 1. The quantitative estimate of drug-likeness (QED) is 0.437. The van der Waals surface area contributed by atoms with Crippen LogP contribution in [0.15, 0.2) is 29.3 Å². The van der Waals surface area contributed by atoms with E-state index < -0.39 is 0 Å². The van der Waals surface area contributed by atoms with Gasteiger partial charge in [-0.3, -0.25) is 4.99 Å². The van der Waals surface area contributed by atoms with E-state index in [0.29, 0.717) is 17.3 Å². The van der Waals surface area contributed by atoms with Crippen LogP contribution in [0, 0.1) is 11.3 Å². The van der Waals surface area contributed by atoms with Crippen molar-refractivity contribution in [2.45, 2.75) is 39.5 Å². The second-order valence-electron chi connectivity index (χ2n) is 6.69. The molecule has 1 aromatic carbocycles. The Morgan fingerprint density at radius 2 is 2.05 bits per heavy atom. The van der Waals surface area contributed by atoms with Crippen molar-refractivity contribution in [3.8, 4) is 5.75 Å². The molecule has 1 aromatic rings. The van der Waals surface area contributed by atoms with Crippen molar-refractivity contribution >= 4 is 35.6 Å². The molecule has 1 aliphatic carbocycles. The normalized spacial score (nSPS) is 18.4. The molecule has 0 aromatic heterocycles. The topological polar surface area (TPSA) is 59.6 Å². The van der Waals surface area contributed by atoms with Crippen molar-refractivity contribution in [2.75, 3.05) is 19.0 Å². The highest BCUT2D eigenvalue weighted by atomic mass is 127. The van der Waals surface area contributed by atoms with Crippen molar-refractivity contribution in [2.24, 2.45) is 22.1 Å². The lowest BCUT2D eigenvalue weighted by atomic mass is 9.73. The average molecular weight is 417 g/mol. The Balaban J connectivity index is 0.00000242. The Labute approximate surface area is 150 Å². The lowest BCUT2D eigenvalue weighted by molar-refractivity contribution is 0.195. The zero-order chi connectivity index (χ0) is 15.3. The summed E-state index contributed by atoms with van der Waals surface area (Å²) in [6.07, 6.45) is 5.08. The van der Waals surface area contributed by atoms with Crippen LogP contribution in [0.3, 0.4) is 0 Å². The first-order chi connectivity index (χ1) is 9.98. The van der Waals surface area contributed by atoms with Gasteiger partial charge >= 0.3 is 0 Å². The predicted octanol–water partition coefficient (Wildman–Crippen LogP) is 4.26. The summed E-state index contributed by atoms with van der Waals surface area (Å²) in [4.78, 5) is 4.49. The van der Waals surface area contributed by atoms with Gasteiger partial charge in [0.1, 0.15) is 5.75 Å². The maximum Gasteiger partial charge on any atom is 0.193 e. The number of ether oxygens (including phenoxy) is 1. The number of nitrogens with two attached hydrogens (primary N) is 1. The van der Waals surface area contributed by atoms with E-state index in [2.05, 4.69) is 24.2 Å². The van der Waals surface area contributed by atoms with Crippen LogP contribution in [0.5, 0.6) is 5.75 Å². The van der Waals surface area contributed by atoms with Crippen LogP contribution in [0.1, 0.15) is 39.5 Å². The number of hydrogen-bond donors (Lipinski definition) is 2. The molecule has 22 heavy (non-hydrogen) atoms. The van der Waals surface area contributed by atoms with E-state index in [1.54, 1.807) is 7.11 Å². The van der Waals surface area contributed by atoms with Gasteiger partial charge in [0, 0.05) is 18.3 Å². The molecule has 0 heterocycles. The van der Waals surface area contributed by atoms with E-state index in [1.165, 1.54) is 25.7 Å². The fraction of sp³-hybridized carbons (Fsp3) is 0.588. The minimum absolute atomic E-state index is 0. The minimum atomic E-state index is 0. The van der Waals surface area contributed by atoms with Crippen LogP contribution < -0.4 is 15.8 Å². The van der Waals surface area contributed by atoms with Gasteiger partial charge in [0.2, 0.25) is 0 Å². The first-order valence-corrected chi connectivity index (χ1v) is 7.69. The Bertz CT molecular complexity index is 492. The van der Waals surface area contributed by atoms with Crippen molar-refractivity contribution < 1.29 is 4.74 Å². The molecule has 124 valence electrons. The molecule has 0 bridgehead atoms. The zero-order valence-electron chi connectivity index (χ0n) is 13.8. The number of anilines is 1. The fourth-order valence-corrected chi connectivity index (χ4v) is 2.76. The summed E-state index contributed by atoms with van der Waals surface area (Å²) >= 11 is 0. The molecule has 1 aliphatic rings. The second kappa shape index (κ2) is 8.60. The van der Waals surface area contributed by atoms with Crippen molar-refractivity contribution in [3.05, 3.63) is 24.3 Å². The van der Waals surface area contributed by atoms with Crippen molar-refractivity contribution in [3.63, 3.8) is 0 Å². The molecule has 1 fully saturated rings. The molecule has 0 spiro atoms. The Kier molecular flexibility index (Phi) is 7.45. The molecule has 4 nitrogen and oxygen atoms in total. The zero-order valence-corrected chi connectivity index (χ0v) is 16.1. The van der Waals surface area contributed by atoms with E-state index in [4.69, 9.17) is 10.5 Å². The van der Waals surface area contributed by atoms with Gasteiger partial charge in [0.25, 0.3) is 0 Å². The third-order valence-corrected chi connectivity index (χ3v) is 4.32. The van der Waals surface area contributed by atoms with E-state index in [9.17, 15) is 0 Å². The number of methoxy groups -OCH3 is 1. The van der Waals surface area contributed by atoms with Gasteiger partial charge in [0.15, 0.2) is 5.96 Å². The van der Waals surface area contributed by atoms with Gasteiger partial charge in [-0.05, 0) is 49.1 Å². The highest BCUT2D eigenvalue weighted by Crippen LogP contribution is 2.37. The summed E-state index contributed by atoms with van der Waals surface area (Å²) in [5.74, 6) is 1.96. The molecule has 5 heteroatoms. The number of guanidine groups is 1. The maximum atomic E-state index is 5.97. The van der Waals surface area contributed by atoms with Crippen LogP contribution in [0.2, 0.25) is 0 Å². The molecule has 0 unspecified atom stereocenters. The lowest BCUT2D eigenvalue weighted by Gasteiger charge is -2.33. The van der Waals surface area contributed by atoms with Crippen LogP contribution >= 0.6 is 24.0 Å². The molecule has 2 rings (SSSR count). The van der Waals surface area contributed by atoms with E-state index in [-0.39, 0.29) is 24.0 Å². The highest BCUT2D eigenvalue weighted by Gasteiger charge is 2.26. The number of aliphatic imine (C=N–C) groups is 1. The van der Waals surface area contributed by atoms with Gasteiger partial charge in [0.05, 0.1) is 7.11 Å². The smallest absolute Gasteiger partial charge is 0.193 e. The van der Waals surface area contributed by atoms with E-state index in [1.807, 2.05) is 24.3 Å². The third kappa shape index (κ3) is 6.02. The largest absolute Gasteiger partial charge is 0.497 e. The number of rotatable bonds is 4. The van der Waals surface area contributed by atoms with Crippen molar-refractivity contribution in [1.29, 1.82) is 0 Å². The molecule has 3 N–H and O–H groups in total. The van der Waals surface area contributed by atoms with Gasteiger partial charge in [-0.2, -0.15) is 0 Å². The second-order valence-corrected chi connectivity index (χ2v) is 6.69. The standard InChI is InChI=1S/C17H27N3O.HI/c1-17(2)9-7-13(8-10-17)12-19-16(18)20-14-5-4-6-15(11-14)21-3;/h4-6,11,13H,7-10,12H2,1-3H3,(H3,18,19,20);1H. The number of nitrogens with one attached hydrogen (secondary N) is 1. The van der Waals surface area contributed by atoms with Crippen LogP contribution in [-0.4, -0.2) is 19.6 Å². The van der Waals surface area contributed by atoms with Crippen LogP contribution in [0.25, 0.3) is 0 Å². The summed E-state index contributed by atoms with van der Waals surface area (Å²) in [5, 5.41) is 3.12. The monoisotopic (exact) mass is 417 g/mol. The maximum absolute atomic E-state index is 5.97. The molecule has 0 amide bonds. The third-order valence-electron chi connectivity index (χ3n) is 4.32. The lowest BCUT2D eigenvalue weighted by Crippen LogP contribution is -2.26. The molecule has 0 aliphatic heterocycles. The molecule has 0 radical (unpaired) electrons. The summed E-state index contributed by atoms with van der Waals surface area (Å²) in [5.41, 5.74) is 7.37. The SMILES string of the molecule is COc1cccc(NC(N)=NCC2CCC(C)(C)CC2)c1.I. The molecular formula is C17H28IN3O. The van der Waals surface area contributed by atoms with E-state index >= 15 is 0 Å². The molecule has 0 saturated heterocycles. The summed E-state index contributed by atoms with van der Waals surface area (Å²) in [7, 11) is 1.65. The summed E-state index contributed by atoms with van der Waals surface area (Å²) in [6.45, 7) is 5.52.